The van der Waals surface area contributed by atoms with Gasteiger partial charge in [0.1, 0.15) is 6.29 Å². The molecule has 0 aromatic rings. The second-order valence-electron chi connectivity index (χ2n) is 3.27. The van der Waals surface area contributed by atoms with Crippen molar-refractivity contribution in [2.24, 2.45) is 5.41 Å². The molecule has 0 fully saturated rings. The van der Waals surface area contributed by atoms with Crippen LogP contribution in [0.15, 0.2) is 24.3 Å². The van der Waals surface area contributed by atoms with Gasteiger partial charge in [0.05, 0.1) is 0 Å². The minimum absolute atomic E-state index is 0.241. The average molecular weight is 150 g/mol. The lowest BCUT2D eigenvalue weighted by Crippen LogP contribution is -2.24. The van der Waals surface area contributed by atoms with E-state index in [1.807, 2.05) is 6.92 Å². The Labute approximate surface area is 67.8 Å². The van der Waals surface area contributed by atoms with Gasteiger partial charge in [-0.15, -0.1) is 0 Å². The Morgan fingerprint density at radius 3 is 2.64 bits per heavy atom. The molecule has 0 spiro atoms. The summed E-state index contributed by atoms with van der Waals surface area (Å²) in [5.41, 5.74) is 0.756. The highest BCUT2D eigenvalue weighted by Crippen LogP contribution is 2.36. The molecule has 0 N–H and O–H groups in total. The molecule has 0 heterocycles. The summed E-state index contributed by atoms with van der Waals surface area (Å²) in [5, 5.41) is 0. The maximum absolute atomic E-state index is 10.8. The van der Waals surface area contributed by atoms with Gasteiger partial charge in [-0.3, -0.25) is 0 Å². The van der Waals surface area contributed by atoms with Gasteiger partial charge in [-0.25, -0.2) is 0 Å². The number of rotatable bonds is 2. The quantitative estimate of drug-likeness (QED) is 0.436. The molecule has 0 unspecified atom stereocenters. The third kappa shape index (κ3) is 1.42. The van der Waals surface area contributed by atoms with Crippen LogP contribution in [0.25, 0.3) is 0 Å². The molecular formula is C10H14O. The van der Waals surface area contributed by atoms with E-state index >= 15 is 0 Å². The summed E-state index contributed by atoms with van der Waals surface area (Å²) < 4.78 is 0. The van der Waals surface area contributed by atoms with Gasteiger partial charge in [0.15, 0.2) is 0 Å². The van der Waals surface area contributed by atoms with Crippen LogP contribution in [-0.4, -0.2) is 6.29 Å². The third-order valence-corrected chi connectivity index (χ3v) is 2.48. The van der Waals surface area contributed by atoms with Gasteiger partial charge in [0.2, 0.25) is 0 Å². The van der Waals surface area contributed by atoms with Crippen LogP contribution in [-0.2, 0) is 4.79 Å². The van der Waals surface area contributed by atoms with Crippen molar-refractivity contribution in [3.8, 4) is 0 Å². The molecule has 0 radical (unpaired) electrons. The molecule has 1 aliphatic carbocycles. The van der Waals surface area contributed by atoms with Crippen molar-refractivity contribution in [2.75, 3.05) is 0 Å². The zero-order valence-electron chi connectivity index (χ0n) is 6.97. The first-order valence-corrected chi connectivity index (χ1v) is 3.98. The van der Waals surface area contributed by atoms with Crippen LogP contribution in [0, 0.1) is 5.41 Å². The summed E-state index contributed by atoms with van der Waals surface area (Å²) in [5.74, 6) is 0. The highest BCUT2D eigenvalue weighted by Gasteiger charge is 2.30. The summed E-state index contributed by atoms with van der Waals surface area (Å²) in [6.45, 7) is 5.79. The first kappa shape index (κ1) is 8.25. The second kappa shape index (κ2) is 3.04. The molecule has 1 aliphatic rings. The lowest BCUT2D eigenvalue weighted by Gasteiger charge is -2.29. The SMILES string of the molecule is C=C(C)[C@@]1(C=O)CC=CCC1. The fourth-order valence-corrected chi connectivity index (χ4v) is 1.45. The van der Waals surface area contributed by atoms with E-state index in [0.717, 1.165) is 31.1 Å². The summed E-state index contributed by atoms with van der Waals surface area (Å²) in [6.07, 6.45) is 8.04. The van der Waals surface area contributed by atoms with Gasteiger partial charge in [-0.05, 0) is 26.2 Å². The van der Waals surface area contributed by atoms with Crippen LogP contribution in [0.2, 0.25) is 0 Å². The smallest absolute Gasteiger partial charge is 0.130 e. The maximum Gasteiger partial charge on any atom is 0.130 e. The van der Waals surface area contributed by atoms with Crippen molar-refractivity contribution >= 4 is 6.29 Å². The first-order chi connectivity index (χ1) is 5.21. The minimum atomic E-state index is -0.241. The number of aldehydes is 1. The van der Waals surface area contributed by atoms with Crippen LogP contribution in [0.5, 0.6) is 0 Å². The number of hydrogen-bond acceptors (Lipinski definition) is 1. The predicted octanol–water partition coefficient (Wildman–Crippen LogP) is 2.49. The largest absolute Gasteiger partial charge is 0.302 e. The Kier molecular flexibility index (Phi) is 2.28. The Morgan fingerprint density at radius 2 is 2.36 bits per heavy atom. The molecule has 1 atom stereocenters. The van der Waals surface area contributed by atoms with E-state index in [4.69, 9.17) is 0 Å². The highest BCUT2D eigenvalue weighted by atomic mass is 16.1. The molecule has 0 saturated carbocycles. The number of allylic oxidation sites excluding steroid dienone is 3. The minimum Gasteiger partial charge on any atom is -0.302 e. The Hall–Kier alpha value is -0.850. The highest BCUT2D eigenvalue weighted by molar-refractivity contribution is 5.65. The fraction of sp³-hybridized carbons (Fsp3) is 0.500. The molecule has 0 bridgehead atoms. The number of carbonyl (C=O) groups is 1. The molecule has 0 aromatic heterocycles. The molecule has 60 valence electrons. The van der Waals surface area contributed by atoms with Crippen molar-refractivity contribution in [3.05, 3.63) is 24.3 Å². The molecule has 1 nitrogen and oxygen atoms in total. The van der Waals surface area contributed by atoms with Crippen LogP contribution in [0.3, 0.4) is 0 Å². The third-order valence-electron chi connectivity index (χ3n) is 2.48. The summed E-state index contributed by atoms with van der Waals surface area (Å²) in [6, 6.07) is 0. The van der Waals surface area contributed by atoms with Gasteiger partial charge in [0, 0.05) is 5.41 Å². The molecule has 0 aromatic carbocycles. The molecule has 0 aliphatic heterocycles. The number of carbonyl (C=O) groups excluding carboxylic acids is 1. The molecular weight excluding hydrogens is 136 g/mol. The lowest BCUT2D eigenvalue weighted by molar-refractivity contribution is -0.114. The van der Waals surface area contributed by atoms with Crippen molar-refractivity contribution in [2.45, 2.75) is 26.2 Å². The van der Waals surface area contributed by atoms with Crippen molar-refractivity contribution in [1.82, 2.24) is 0 Å². The lowest BCUT2D eigenvalue weighted by atomic mass is 9.74. The van der Waals surface area contributed by atoms with E-state index in [1.165, 1.54) is 0 Å². The number of hydrogen-bond donors (Lipinski definition) is 0. The average Bonchev–Trinajstić information content (AvgIpc) is 2.05. The predicted molar refractivity (Wildman–Crippen MR) is 46.3 cm³/mol. The monoisotopic (exact) mass is 150 g/mol. The van der Waals surface area contributed by atoms with Gasteiger partial charge >= 0.3 is 0 Å². The van der Waals surface area contributed by atoms with E-state index in [0.29, 0.717) is 0 Å². The zero-order valence-corrected chi connectivity index (χ0v) is 6.97. The van der Waals surface area contributed by atoms with E-state index in [2.05, 4.69) is 18.7 Å². The van der Waals surface area contributed by atoms with Crippen LogP contribution in [0.1, 0.15) is 26.2 Å². The van der Waals surface area contributed by atoms with Gasteiger partial charge in [-0.1, -0.05) is 24.3 Å². The van der Waals surface area contributed by atoms with E-state index in [-0.39, 0.29) is 5.41 Å². The van der Waals surface area contributed by atoms with Crippen molar-refractivity contribution in [3.63, 3.8) is 0 Å². The normalized spacial score (nSPS) is 29.9. The summed E-state index contributed by atoms with van der Waals surface area (Å²) in [4.78, 5) is 10.8. The zero-order chi connectivity index (χ0) is 8.32. The van der Waals surface area contributed by atoms with Crippen LogP contribution < -0.4 is 0 Å². The standard InChI is InChI=1S/C10H14O/c1-9(2)10(8-11)6-4-3-5-7-10/h3-4,8H,1,5-7H2,2H3/t10-/m0/s1. The molecule has 1 rings (SSSR count). The van der Waals surface area contributed by atoms with Crippen LogP contribution in [0.4, 0.5) is 0 Å². The molecule has 0 amide bonds. The van der Waals surface area contributed by atoms with E-state index in [1.54, 1.807) is 0 Å². The fourth-order valence-electron chi connectivity index (χ4n) is 1.45. The Morgan fingerprint density at radius 1 is 1.64 bits per heavy atom. The summed E-state index contributed by atoms with van der Waals surface area (Å²) >= 11 is 0. The van der Waals surface area contributed by atoms with Crippen molar-refractivity contribution in [1.29, 1.82) is 0 Å². The van der Waals surface area contributed by atoms with E-state index in [9.17, 15) is 4.79 Å². The molecule has 0 saturated heterocycles. The topological polar surface area (TPSA) is 17.1 Å². The Bertz CT molecular complexity index is 203. The maximum atomic E-state index is 10.8. The van der Waals surface area contributed by atoms with Crippen molar-refractivity contribution < 1.29 is 4.79 Å². The molecule has 11 heavy (non-hydrogen) atoms. The molecule has 1 heteroatoms. The van der Waals surface area contributed by atoms with Gasteiger partial charge < -0.3 is 4.79 Å². The Balaban J connectivity index is 2.83. The van der Waals surface area contributed by atoms with Gasteiger partial charge in [0.25, 0.3) is 0 Å². The van der Waals surface area contributed by atoms with E-state index < -0.39 is 0 Å². The second-order valence-corrected chi connectivity index (χ2v) is 3.27. The summed E-state index contributed by atoms with van der Waals surface area (Å²) in [7, 11) is 0. The van der Waals surface area contributed by atoms with Crippen LogP contribution >= 0.6 is 0 Å². The first-order valence-electron chi connectivity index (χ1n) is 3.98. The van der Waals surface area contributed by atoms with Gasteiger partial charge in [-0.2, -0.15) is 0 Å².